The van der Waals surface area contributed by atoms with Crippen molar-refractivity contribution in [3.8, 4) is 0 Å². The molecular weight excluding hydrogens is 258 g/mol. The second-order valence-electron chi connectivity index (χ2n) is 6.23. The first-order valence-electron chi connectivity index (χ1n) is 8.00. The van der Waals surface area contributed by atoms with Crippen LogP contribution in [0.3, 0.4) is 0 Å². The highest BCUT2D eigenvalue weighted by atomic mass is 15.3. The Balaban J connectivity index is 1.64. The Morgan fingerprint density at radius 3 is 2.67 bits per heavy atom. The molecule has 112 valence electrons. The van der Waals surface area contributed by atoms with Gasteiger partial charge >= 0.3 is 0 Å². The molecule has 1 N–H and O–H groups in total. The van der Waals surface area contributed by atoms with Gasteiger partial charge in [-0.05, 0) is 50.2 Å². The maximum atomic E-state index is 4.45. The van der Waals surface area contributed by atoms with Gasteiger partial charge in [0.25, 0.3) is 0 Å². The predicted octanol–water partition coefficient (Wildman–Crippen LogP) is 3.20. The molecule has 1 fully saturated rings. The zero-order valence-electron chi connectivity index (χ0n) is 13.0. The molecule has 0 aliphatic heterocycles. The van der Waals surface area contributed by atoms with E-state index in [-0.39, 0.29) is 0 Å². The van der Waals surface area contributed by atoms with E-state index >= 15 is 0 Å². The molecule has 1 atom stereocenters. The zero-order valence-corrected chi connectivity index (χ0v) is 13.0. The maximum Gasteiger partial charge on any atom is 0.0596 e. The second-order valence-corrected chi connectivity index (χ2v) is 6.23. The first kappa shape index (κ1) is 14.3. The number of hydrogen-bond donors (Lipinski definition) is 1. The lowest BCUT2D eigenvalue weighted by Crippen LogP contribution is -2.24. The van der Waals surface area contributed by atoms with Crippen molar-refractivity contribution >= 4 is 0 Å². The Hall–Kier alpha value is -1.61. The van der Waals surface area contributed by atoms with E-state index in [0.29, 0.717) is 5.92 Å². The van der Waals surface area contributed by atoms with Crippen molar-refractivity contribution in [1.82, 2.24) is 15.1 Å². The van der Waals surface area contributed by atoms with Gasteiger partial charge in [-0.2, -0.15) is 5.10 Å². The highest BCUT2D eigenvalue weighted by Gasteiger charge is 2.22. The molecule has 3 heteroatoms. The Morgan fingerprint density at radius 1 is 1.29 bits per heavy atom. The Kier molecular flexibility index (Phi) is 4.39. The van der Waals surface area contributed by atoms with Gasteiger partial charge in [-0.1, -0.05) is 30.3 Å². The van der Waals surface area contributed by atoms with Crippen LogP contribution in [0.1, 0.15) is 42.1 Å². The number of aryl methyl sites for hydroxylation is 3. The van der Waals surface area contributed by atoms with E-state index in [4.69, 9.17) is 0 Å². The van der Waals surface area contributed by atoms with Gasteiger partial charge in [-0.15, -0.1) is 0 Å². The van der Waals surface area contributed by atoms with Gasteiger partial charge in [-0.25, -0.2) is 0 Å². The number of nitrogens with one attached hydrogen (secondary N) is 1. The minimum absolute atomic E-state index is 0.585. The monoisotopic (exact) mass is 283 g/mol. The summed E-state index contributed by atoms with van der Waals surface area (Å²) in [5.74, 6) is 0.585. The number of nitrogens with zero attached hydrogens (tertiary/aromatic N) is 2. The lowest BCUT2D eigenvalue weighted by molar-refractivity contribution is 0.537. The van der Waals surface area contributed by atoms with Gasteiger partial charge in [0.05, 0.1) is 5.69 Å². The molecule has 0 radical (unpaired) electrons. The van der Waals surface area contributed by atoms with Crippen LogP contribution in [0.2, 0.25) is 0 Å². The van der Waals surface area contributed by atoms with Crippen LogP contribution in [0.15, 0.2) is 36.4 Å². The summed E-state index contributed by atoms with van der Waals surface area (Å²) in [5.41, 5.74) is 3.89. The summed E-state index contributed by atoms with van der Waals surface area (Å²) in [6.07, 6.45) is 4.96. The van der Waals surface area contributed by atoms with Gasteiger partial charge in [-0.3, -0.25) is 4.68 Å². The van der Waals surface area contributed by atoms with Crippen LogP contribution in [0.4, 0.5) is 0 Å². The van der Waals surface area contributed by atoms with Crippen LogP contribution in [-0.2, 0) is 13.5 Å². The van der Waals surface area contributed by atoms with Crippen molar-refractivity contribution < 1.29 is 0 Å². The maximum absolute atomic E-state index is 4.45. The molecule has 1 aliphatic carbocycles. The Labute approximate surface area is 127 Å². The lowest BCUT2D eigenvalue weighted by Gasteiger charge is -2.18. The number of benzene rings is 1. The number of aromatic nitrogens is 2. The first-order valence-corrected chi connectivity index (χ1v) is 8.00. The largest absolute Gasteiger partial charge is 0.313 e. The van der Waals surface area contributed by atoms with E-state index < -0.39 is 0 Å². The average molecular weight is 283 g/mol. The SMILES string of the molecule is Cc1cc(CCC(CNC2CC2)c2ccccc2)n(C)n1. The molecule has 3 nitrogen and oxygen atoms in total. The van der Waals surface area contributed by atoms with E-state index in [1.807, 2.05) is 11.7 Å². The van der Waals surface area contributed by atoms with Crippen LogP contribution < -0.4 is 5.32 Å². The molecule has 0 spiro atoms. The van der Waals surface area contributed by atoms with Crippen LogP contribution in [0.5, 0.6) is 0 Å². The molecule has 21 heavy (non-hydrogen) atoms. The predicted molar refractivity (Wildman–Crippen MR) is 86.5 cm³/mol. The number of hydrogen-bond acceptors (Lipinski definition) is 2. The molecule has 1 aromatic heterocycles. The van der Waals surface area contributed by atoms with Gasteiger partial charge in [0.2, 0.25) is 0 Å². The smallest absolute Gasteiger partial charge is 0.0596 e. The molecular formula is C18H25N3. The summed E-state index contributed by atoms with van der Waals surface area (Å²) in [5, 5.41) is 8.14. The van der Waals surface area contributed by atoms with Crippen LogP contribution in [0, 0.1) is 6.92 Å². The molecule has 1 aliphatic rings. The normalized spacial score (nSPS) is 16.1. The fourth-order valence-electron chi connectivity index (χ4n) is 2.93. The second kappa shape index (κ2) is 6.44. The molecule has 1 unspecified atom stereocenters. The van der Waals surface area contributed by atoms with Crippen molar-refractivity contribution in [3.05, 3.63) is 53.3 Å². The van der Waals surface area contributed by atoms with Crippen molar-refractivity contribution in [2.24, 2.45) is 7.05 Å². The topological polar surface area (TPSA) is 29.9 Å². The van der Waals surface area contributed by atoms with Gasteiger partial charge in [0, 0.05) is 25.3 Å². The van der Waals surface area contributed by atoms with Crippen LogP contribution >= 0.6 is 0 Å². The first-order chi connectivity index (χ1) is 10.2. The summed E-state index contributed by atoms with van der Waals surface area (Å²) in [4.78, 5) is 0. The third kappa shape index (κ3) is 3.94. The highest BCUT2D eigenvalue weighted by Crippen LogP contribution is 2.24. The molecule has 1 heterocycles. The molecule has 0 amide bonds. The van der Waals surface area contributed by atoms with Crippen LogP contribution in [-0.4, -0.2) is 22.4 Å². The highest BCUT2D eigenvalue weighted by molar-refractivity contribution is 5.20. The summed E-state index contributed by atoms with van der Waals surface area (Å²) in [6, 6.07) is 13.9. The molecule has 1 aromatic carbocycles. The summed E-state index contributed by atoms with van der Waals surface area (Å²) in [6.45, 7) is 3.15. The molecule has 0 saturated heterocycles. The summed E-state index contributed by atoms with van der Waals surface area (Å²) >= 11 is 0. The summed E-state index contributed by atoms with van der Waals surface area (Å²) in [7, 11) is 2.04. The van der Waals surface area contributed by atoms with Gasteiger partial charge in [0.1, 0.15) is 0 Å². The van der Waals surface area contributed by atoms with E-state index in [9.17, 15) is 0 Å². The van der Waals surface area contributed by atoms with Crippen molar-refractivity contribution in [3.63, 3.8) is 0 Å². The fraction of sp³-hybridized carbons (Fsp3) is 0.500. The quantitative estimate of drug-likeness (QED) is 0.845. The van der Waals surface area contributed by atoms with E-state index in [0.717, 1.165) is 24.7 Å². The van der Waals surface area contributed by atoms with Crippen molar-refractivity contribution in [1.29, 1.82) is 0 Å². The zero-order chi connectivity index (χ0) is 14.7. The molecule has 1 saturated carbocycles. The minimum Gasteiger partial charge on any atom is -0.313 e. The van der Waals surface area contributed by atoms with E-state index in [1.165, 1.54) is 30.5 Å². The van der Waals surface area contributed by atoms with E-state index in [1.54, 1.807) is 0 Å². The Bertz CT molecular complexity index is 569. The molecule has 0 bridgehead atoms. The standard InChI is InChI=1S/C18H25N3/c1-14-12-18(21(2)20-14)11-8-16(13-19-17-9-10-17)15-6-4-3-5-7-15/h3-7,12,16-17,19H,8-11,13H2,1-2H3. The van der Waals surface area contributed by atoms with Crippen molar-refractivity contribution in [2.45, 2.75) is 44.6 Å². The van der Waals surface area contributed by atoms with Gasteiger partial charge < -0.3 is 5.32 Å². The third-order valence-corrected chi connectivity index (χ3v) is 4.35. The Morgan fingerprint density at radius 2 is 2.05 bits per heavy atom. The average Bonchev–Trinajstić information content (AvgIpc) is 3.25. The fourth-order valence-corrected chi connectivity index (χ4v) is 2.93. The van der Waals surface area contributed by atoms with Crippen molar-refractivity contribution in [2.75, 3.05) is 6.54 Å². The van der Waals surface area contributed by atoms with E-state index in [2.05, 4.69) is 53.7 Å². The van der Waals surface area contributed by atoms with Crippen LogP contribution in [0.25, 0.3) is 0 Å². The van der Waals surface area contributed by atoms with Gasteiger partial charge in [0.15, 0.2) is 0 Å². The molecule has 3 rings (SSSR count). The number of rotatable bonds is 7. The minimum atomic E-state index is 0.585. The lowest BCUT2D eigenvalue weighted by atomic mass is 9.93. The molecule has 2 aromatic rings. The third-order valence-electron chi connectivity index (χ3n) is 4.35. The summed E-state index contributed by atoms with van der Waals surface area (Å²) < 4.78 is 2.02.